The van der Waals surface area contributed by atoms with Crippen molar-refractivity contribution in [3.8, 4) is 5.75 Å². The molecule has 2 N–H and O–H groups in total. The molecule has 0 saturated heterocycles. The third-order valence-corrected chi connectivity index (χ3v) is 2.34. The highest BCUT2D eigenvalue weighted by Gasteiger charge is 2.35. The van der Waals surface area contributed by atoms with Gasteiger partial charge < -0.3 is 10.5 Å². The van der Waals surface area contributed by atoms with Crippen LogP contribution in [0.25, 0.3) is 0 Å². The largest absolute Gasteiger partial charge is 0.573 e. The third kappa shape index (κ3) is 3.42. The first-order chi connectivity index (χ1) is 7.76. The van der Waals surface area contributed by atoms with E-state index in [1.807, 2.05) is 0 Å². The number of hydrogen-bond acceptors (Lipinski definition) is 3. The molecule has 0 aliphatic heterocycles. The highest BCUT2D eigenvalue weighted by molar-refractivity contribution is 9.08. The lowest BCUT2D eigenvalue weighted by atomic mass is 10.2. The molecule has 0 spiro atoms. The van der Waals surface area contributed by atoms with Gasteiger partial charge in [-0.25, -0.2) is 13.8 Å². The summed E-state index contributed by atoms with van der Waals surface area (Å²) in [6, 6.07) is 0. The number of pyridine rings is 1. The monoisotopic (exact) mass is 320 g/mol. The number of anilines is 1. The first kappa shape index (κ1) is 13.9. The van der Waals surface area contributed by atoms with Gasteiger partial charge in [-0.3, -0.25) is 0 Å². The zero-order valence-electron chi connectivity index (χ0n) is 8.06. The Bertz CT molecular complexity index is 410. The van der Waals surface area contributed by atoms with Crippen LogP contribution in [0, 0.1) is 0 Å². The van der Waals surface area contributed by atoms with E-state index in [1.165, 1.54) is 0 Å². The van der Waals surface area contributed by atoms with Gasteiger partial charge in [-0.15, -0.1) is 13.2 Å². The highest BCUT2D eigenvalue weighted by Crippen LogP contribution is 2.38. The maximum Gasteiger partial charge on any atom is 0.573 e. The molecule has 96 valence electrons. The second kappa shape index (κ2) is 5.03. The quantitative estimate of drug-likeness (QED) is 0.686. The number of halogens is 6. The number of ether oxygens (including phenoxy) is 1. The first-order valence-electron chi connectivity index (χ1n) is 4.13. The fourth-order valence-electron chi connectivity index (χ4n) is 1.09. The third-order valence-electron chi connectivity index (χ3n) is 1.77. The summed E-state index contributed by atoms with van der Waals surface area (Å²) in [6.45, 7) is 0. The molecule has 1 aromatic heterocycles. The van der Waals surface area contributed by atoms with Gasteiger partial charge in [-0.05, 0) is 0 Å². The Hall–Kier alpha value is -1.12. The summed E-state index contributed by atoms with van der Waals surface area (Å²) < 4.78 is 64.8. The molecule has 3 nitrogen and oxygen atoms in total. The number of nitrogens with two attached hydrogens (primary N) is 1. The topological polar surface area (TPSA) is 48.1 Å². The Kier molecular flexibility index (Phi) is 4.12. The highest BCUT2D eigenvalue weighted by atomic mass is 79.9. The SMILES string of the molecule is Nc1ncc(C(F)F)c(OC(F)(F)F)c1CBr. The van der Waals surface area contributed by atoms with Crippen molar-refractivity contribution in [2.45, 2.75) is 18.1 Å². The molecule has 17 heavy (non-hydrogen) atoms. The Labute approximate surface area is 101 Å². The second-order valence-corrected chi connectivity index (χ2v) is 3.45. The van der Waals surface area contributed by atoms with Crippen molar-refractivity contribution >= 4 is 21.7 Å². The summed E-state index contributed by atoms with van der Waals surface area (Å²) in [7, 11) is 0. The molecule has 0 aromatic carbocycles. The minimum absolute atomic E-state index is 0.183. The van der Waals surface area contributed by atoms with E-state index in [4.69, 9.17) is 5.73 Å². The van der Waals surface area contributed by atoms with Crippen molar-refractivity contribution in [2.24, 2.45) is 0 Å². The number of aromatic nitrogens is 1. The van der Waals surface area contributed by atoms with Gasteiger partial charge in [0.2, 0.25) is 0 Å². The second-order valence-electron chi connectivity index (χ2n) is 2.89. The van der Waals surface area contributed by atoms with Crippen molar-refractivity contribution < 1.29 is 26.7 Å². The van der Waals surface area contributed by atoms with Gasteiger partial charge in [0.25, 0.3) is 6.43 Å². The lowest BCUT2D eigenvalue weighted by molar-refractivity contribution is -0.275. The average molecular weight is 321 g/mol. The van der Waals surface area contributed by atoms with Crippen molar-refractivity contribution in [3.05, 3.63) is 17.3 Å². The lowest BCUT2D eigenvalue weighted by Gasteiger charge is -2.16. The maximum atomic E-state index is 12.5. The normalized spacial score (nSPS) is 11.9. The zero-order valence-corrected chi connectivity index (χ0v) is 9.65. The summed E-state index contributed by atoms with van der Waals surface area (Å²) in [5.74, 6) is -1.30. The molecule has 0 unspecified atom stereocenters. The number of hydrogen-bond donors (Lipinski definition) is 1. The maximum absolute atomic E-state index is 12.5. The van der Waals surface area contributed by atoms with Gasteiger partial charge in [0.15, 0.2) is 0 Å². The molecule has 1 rings (SSSR count). The minimum Gasteiger partial charge on any atom is -0.405 e. The summed E-state index contributed by atoms with van der Waals surface area (Å²) in [5, 5.41) is -0.183. The predicted molar refractivity (Wildman–Crippen MR) is 52.9 cm³/mol. The minimum atomic E-state index is -5.08. The van der Waals surface area contributed by atoms with E-state index < -0.39 is 24.1 Å². The summed E-state index contributed by atoms with van der Waals surface area (Å²) in [4.78, 5) is 3.38. The zero-order chi connectivity index (χ0) is 13.2. The Morgan fingerprint density at radius 2 is 2.00 bits per heavy atom. The van der Waals surface area contributed by atoms with Gasteiger partial charge in [-0.1, -0.05) is 15.9 Å². The van der Waals surface area contributed by atoms with E-state index in [9.17, 15) is 22.0 Å². The van der Waals surface area contributed by atoms with Crippen LogP contribution in [0.15, 0.2) is 6.20 Å². The fourth-order valence-corrected chi connectivity index (χ4v) is 1.63. The molecule has 9 heteroatoms. The Morgan fingerprint density at radius 1 is 1.41 bits per heavy atom. The molecule has 1 heterocycles. The van der Waals surface area contributed by atoms with Crippen molar-refractivity contribution in [3.63, 3.8) is 0 Å². The Morgan fingerprint density at radius 3 is 2.41 bits per heavy atom. The van der Waals surface area contributed by atoms with Gasteiger partial charge in [-0.2, -0.15) is 0 Å². The summed E-state index contributed by atoms with van der Waals surface area (Å²) in [6.07, 6.45) is -7.65. The number of nitrogen functional groups attached to an aromatic ring is 1. The van der Waals surface area contributed by atoms with Crippen LogP contribution < -0.4 is 10.5 Å². The van der Waals surface area contributed by atoms with Crippen LogP contribution in [0.4, 0.5) is 27.8 Å². The Balaban J connectivity index is 3.34. The average Bonchev–Trinajstić information content (AvgIpc) is 2.15. The standard InChI is InChI=1S/C8H6BrF5N2O/c9-1-3-5(17-8(12,13)14)4(6(10)11)2-16-7(3)15/h2,6H,1H2,(H2,15,16). The first-order valence-corrected chi connectivity index (χ1v) is 5.25. The molecule has 0 aliphatic rings. The molecule has 0 fully saturated rings. The molecular formula is C8H6BrF5N2O. The van der Waals surface area contributed by atoms with E-state index >= 15 is 0 Å². The summed E-state index contributed by atoms with van der Waals surface area (Å²) >= 11 is 2.84. The van der Waals surface area contributed by atoms with Crippen LogP contribution in [0.5, 0.6) is 5.75 Å². The summed E-state index contributed by atoms with van der Waals surface area (Å²) in [5.41, 5.74) is 4.07. The van der Waals surface area contributed by atoms with Crippen LogP contribution in [0.2, 0.25) is 0 Å². The van der Waals surface area contributed by atoms with Crippen LogP contribution >= 0.6 is 15.9 Å². The van der Waals surface area contributed by atoms with Crippen LogP contribution in [-0.2, 0) is 5.33 Å². The van der Waals surface area contributed by atoms with Crippen LogP contribution in [-0.4, -0.2) is 11.3 Å². The predicted octanol–water partition coefficient (Wildman–Crippen LogP) is 3.39. The van der Waals surface area contributed by atoms with E-state index in [0.717, 1.165) is 0 Å². The molecule has 0 radical (unpaired) electrons. The van der Waals surface area contributed by atoms with E-state index in [-0.39, 0.29) is 16.7 Å². The molecular weight excluding hydrogens is 315 g/mol. The van der Waals surface area contributed by atoms with E-state index in [1.54, 1.807) is 0 Å². The van der Waals surface area contributed by atoms with Gasteiger partial charge in [0.05, 0.1) is 5.56 Å². The molecule has 0 aliphatic carbocycles. The molecule has 1 aromatic rings. The van der Waals surface area contributed by atoms with Gasteiger partial charge in [0.1, 0.15) is 11.6 Å². The smallest absolute Gasteiger partial charge is 0.405 e. The molecule has 0 amide bonds. The molecule has 0 bridgehead atoms. The molecule has 0 atom stereocenters. The van der Waals surface area contributed by atoms with Crippen LogP contribution in [0.3, 0.4) is 0 Å². The fraction of sp³-hybridized carbons (Fsp3) is 0.375. The van der Waals surface area contributed by atoms with Crippen molar-refractivity contribution in [2.75, 3.05) is 5.73 Å². The van der Waals surface area contributed by atoms with E-state index in [0.29, 0.717) is 6.20 Å². The number of rotatable bonds is 3. The lowest BCUT2D eigenvalue weighted by Crippen LogP contribution is -2.20. The van der Waals surface area contributed by atoms with Gasteiger partial charge >= 0.3 is 6.36 Å². The van der Waals surface area contributed by atoms with Gasteiger partial charge in [0, 0.05) is 17.1 Å². The van der Waals surface area contributed by atoms with Crippen molar-refractivity contribution in [1.82, 2.24) is 4.98 Å². The molecule has 0 saturated carbocycles. The number of alkyl halides is 6. The number of nitrogens with zero attached hydrogens (tertiary/aromatic N) is 1. The van der Waals surface area contributed by atoms with Crippen LogP contribution in [0.1, 0.15) is 17.6 Å². The van der Waals surface area contributed by atoms with E-state index in [2.05, 4.69) is 25.7 Å². The van der Waals surface area contributed by atoms with Crippen molar-refractivity contribution in [1.29, 1.82) is 0 Å².